The Morgan fingerprint density at radius 3 is 2.86 bits per heavy atom. The Morgan fingerprint density at radius 2 is 2.05 bits per heavy atom. The molecule has 0 unspecified atom stereocenters. The van der Waals surface area contributed by atoms with Crippen molar-refractivity contribution < 1.29 is 9.18 Å². The maximum Gasteiger partial charge on any atom is 0.250 e. The first-order chi connectivity index (χ1) is 10.2. The maximum absolute atomic E-state index is 13.0. The van der Waals surface area contributed by atoms with E-state index in [2.05, 4.69) is 15.3 Å². The van der Waals surface area contributed by atoms with E-state index in [4.69, 9.17) is 0 Å². The highest BCUT2D eigenvalue weighted by Crippen LogP contribution is 2.13. The van der Waals surface area contributed by atoms with Crippen molar-refractivity contribution in [3.8, 4) is 0 Å². The Bertz CT molecular complexity index is 790. The normalized spacial score (nSPS) is 11.1. The molecule has 0 aliphatic carbocycles. The minimum absolute atomic E-state index is 0.335. The third-order valence-electron chi connectivity index (χ3n) is 2.91. The number of carbonyl (C=O) groups is 1. The van der Waals surface area contributed by atoms with E-state index in [9.17, 15) is 9.18 Å². The van der Waals surface area contributed by atoms with Crippen LogP contribution in [0.1, 0.15) is 5.56 Å². The minimum Gasteiger partial charge on any atom is -0.324 e. The summed E-state index contributed by atoms with van der Waals surface area (Å²) in [6.45, 7) is 0. The highest BCUT2D eigenvalue weighted by molar-refractivity contribution is 6.01. The van der Waals surface area contributed by atoms with Gasteiger partial charge in [0.15, 0.2) is 0 Å². The number of imidazole rings is 1. The number of H-pyrrole nitrogens is 1. The summed E-state index contributed by atoms with van der Waals surface area (Å²) >= 11 is 0. The van der Waals surface area contributed by atoms with Crippen LogP contribution in [-0.4, -0.2) is 15.9 Å². The maximum atomic E-state index is 13.0. The lowest BCUT2D eigenvalue weighted by Gasteiger charge is -1.96. The molecule has 1 amide bonds. The molecular formula is C16H12FN3O. The highest BCUT2D eigenvalue weighted by atomic mass is 19.1. The van der Waals surface area contributed by atoms with Crippen molar-refractivity contribution in [2.75, 3.05) is 5.32 Å². The molecule has 0 atom stereocenters. The van der Waals surface area contributed by atoms with E-state index in [1.165, 1.54) is 18.2 Å². The van der Waals surface area contributed by atoms with Crippen LogP contribution in [0.5, 0.6) is 0 Å². The van der Waals surface area contributed by atoms with Gasteiger partial charge in [-0.25, -0.2) is 9.37 Å². The summed E-state index contributed by atoms with van der Waals surface area (Å²) in [6, 6.07) is 13.5. The predicted octanol–water partition coefficient (Wildman–Crippen LogP) is 3.35. The number of anilines is 1. The number of benzene rings is 2. The Balaban J connectivity index is 1.71. The SMILES string of the molecule is O=C(C=Cc1cccc(F)c1)Nc1nc2ccccc2[nH]1. The molecule has 3 rings (SSSR count). The molecule has 3 aromatic rings. The van der Waals surface area contributed by atoms with Crippen molar-refractivity contribution in [1.82, 2.24) is 9.97 Å². The molecular weight excluding hydrogens is 269 g/mol. The van der Waals surface area contributed by atoms with E-state index >= 15 is 0 Å². The Morgan fingerprint density at radius 1 is 1.19 bits per heavy atom. The van der Waals surface area contributed by atoms with Gasteiger partial charge in [-0.1, -0.05) is 24.3 Å². The van der Waals surface area contributed by atoms with Crippen LogP contribution < -0.4 is 5.32 Å². The summed E-state index contributed by atoms with van der Waals surface area (Å²) in [5.41, 5.74) is 2.25. The van der Waals surface area contributed by atoms with Gasteiger partial charge in [-0.15, -0.1) is 0 Å². The molecule has 0 spiro atoms. The molecule has 0 aliphatic rings. The van der Waals surface area contributed by atoms with Gasteiger partial charge in [-0.05, 0) is 35.9 Å². The first-order valence-corrected chi connectivity index (χ1v) is 6.40. The largest absolute Gasteiger partial charge is 0.324 e. The fourth-order valence-corrected chi connectivity index (χ4v) is 1.95. The van der Waals surface area contributed by atoms with Gasteiger partial charge in [-0.2, -0.15) is 0 Å². The third-order valence-corrected chi connectivity index (χ3v) is 2.91. The second-order valence-electron chi connectivity index (χ2n) is 4.48. The average Bonchev–Trinajstić information content (AvgIpc) is 2.87. The number of fused-ring (bicyclic) bond motifs is 1. The summed E-state index contributed by atoms with van der Waals surface area (Å²) in [5, 5.41) is 2.63. The van der Waals surface area contributed by atoms with E-state index in [0.717, 1.165) is 11.0 Å². The standard InChI is InChI=1S/C16H12FN3O/c17-12-5-3-4-11(10-12)8-9-15(21)20-16-18-13-6-1-2-7-14(13)19-16/h1-10H,(H2,18,19,20,21). The van der Waals surface area contributed by atoms with Crippen LogP contribution in [0.15, 0.2) is 54.6 Å². The number of carbonyl (C=O) groups excluding carboxylic acids is 1. The molecule has 2 N–H and O–H groups in total. The van der Waals surface area contributed by atoms with E-state index in [1.54, 1.807) is 18.2 Å². The second kappa shape index (κ2) is 5.58. The lowest BCUT2D eigenvalue weighted by atomic mass is 10.2. The van der Waals surface area contributed by atoms with Crippen LogP contribution in [0, 0.1) is 5.82 Å². The van der Waals surface area contributed by atoms with Crippen LogP contribution in [0.2, 0.25) is 0 Å². The quantitative estimate of drug-likeness (QED) is 0.723. The molecule has 5 heteroatoms. The lowest BCUT2D eigenvalue weighted by molar-refractivity contribution is -0.111. The third kappa shape index (κ3) is 3.14. The van der Waals surface area contributed by atoms with Crippen LogP contribution >= 0.6 is 0 Å². The predicted molar refractivity (Wildman–Crippen MR) is 80.2 cm³/mol. The van der Waals surface area contributed by atoms with Crippen molar-refractivity contribution in [3.05, 3.63) is 66.0 Å². The molecule has 0 radical (unpaired) electrons. The van der Waals surface area contributed by atoms with Gasteiger partial charge in [-0.3, -0.25) is 10.1 Å². The van der Waals surface area contributed by atoms with Crippen molar-refractivity contribution in [2.24, 2.45) is 0 Å². The molecule has 2 aromatic carbocycles. The van der Waals surface area contributed by atoms with Gasteiger partial charge in [0.05, 0.1) is 11.0 Å². The number of nitrogens with zero attached hydrogens (tertiary/aromatic N) is 1. The molecule has 1 aromatic heterocycles. The molecule has 0 saturated carbocycles. The minimum atomic E-state index is -0.338. The zero-order valence-electron chi connectivity index (χ0n) is 11.0. The number of hydrogen-bond donors (Lipinski definition) is 2. The molecule has 21 heavy (non-hydrogen) atoms. The van der Waals surface area contributed by atoms with E-state index in [1.807, 2.05) is 24.3 Å². The first kappa shape index (κ1) is 13.1. The van der Waals surface area contributed by atoms with Crippen molar-refractivity contribution in [3.63, 3.8) is 0 Å². The van der Waals surface area contributed by atoms with Gasteiger partial charge in [0, 0.05) is 6.08 Å². The zero-order valence-corrected chi connectivity index (χ0v) is 11.0. The lowest BCUT2D eigenvalue weighted by Crippen LogP contribution is -2.08. The first-order valence-electron chi connectivity index (χ1n) is 6.40. The topological polar surface area (TPSA) is 57.8 Å². The van der Waals surface area contributed by atoms with Gasteiger partial charge in [0.2, 0.25) is 5.95 Å². The Hall–Kier alpha value is -2.95. The molecule has 104 valence electrons. The fourth-order valence-electron chi connectivity index (χ4n) is 1.95. The number of halogens is 1. The summed E-state index contributed by atoms with van der Waals surface area (Å²) in [7, 11) is 0. The molecule has 0 fully saturated rings. The Kier molecular flexibility index (Phi) is 3.47. The van der Waals surface area contributed by atoms with Crippen molar-refractivity contribution in [1.29, 1.82) is 0 Å². The zero-order chi connectivity index (χ0) is 14.7. The van der Waals surface area contributed by atoms with Crippen molar-refractivity contribution >= 4 is 29.0 Å². The molecule has 0 aliphatic heterocycles. The fraction of sp³-hybridized carbons (Fsp3) is 0. The van der Waals surface area contributed by atoms with Gasteiger partial charge >= 0.3 is 0 Å². The molecule has 0 bridgehead atoms. The molecule has 1 heterocycles. The van der Waals surface area contributed by atoms with Crippen molar-refractivity contribution in [2.45, 2.75) is 0 Å². The van der Waals surface area contributed by atoms with Crippen LogP contribution in [0.25, 0.3) is 17.1 Å². The summed E-state index contributed by atoms with van der Waals surface area (Å²) in [6.07, 6.45) is 2.88. The number of rotatable bonds is 3. The van der Waals surface area contributed by atoms with Gasteiger partial charge in [0.1, 0.15) is 5.82 Å². The number of aromatic amines is 1. The number of amides is 1. The summed E-state index contributed by atoms with van der Waals surface area (Å²) < 4.78 is 13.0. The highest BCUT2D eigenvalue weighted by Gasteiger charge is 2.03. The second-order valence-corrected chi connectivity index (χ2v) is 4.48. The van der Waals surface area contributed by atoms with E-state index in [0.29, 0.717) is 11.5 Å². The number of para-hydroxylation sites is 2. The van der Waals surface area contributed by atoms with Crippen LogP contribution in [0.3, 0.4) is 0 Å². The smallest absolute Gasteiger partial charge is 0.250 e. The van der Waals surface area contributed by atoms with Gasteiger partial charge < -0.3 is 4.98 Å². The summed E-state index contributed by atoms with van der Waals surface area (Å²) in [5.74, 6) is -0.293. The number of aromatic nitrogens is 2. The number of hydrogen-bond acceptors (Lipinski definition) is 2. The molecule has 4 nitrogen and oxygen atoms in total. The van der Waals surface area contributed by atoms with E-state index in [-0.39, 0.29) is 11.7 Å². The van der Waals surface area contributed by atoms with Gasteiger partial charge in [0.25, 0.3) is 5.91 Å². The summed E-state index contributed by atoms with van der Waals surface area (Å²) in [4.78, 5) is 19.0. The Labute approximate surface area is 120 Å². The number of nitrogens with one attached hydrogen (secondary N) is 2. The molecule has 0 saturated heterocycles. The monoisotopic (exact) mass is 281 g/mol. The van der Waals surface area contributed by atoms with E-state index < -0.39 is 0 Å². The van der Waals surface area contributed by atoms with Crippen LogP contribution in [-0.2, 0) is 4.79 Å². The average molecular weight is 281 g/mol. The van der Waals surface area contributed by atoms with Crippen LogP contribution in [0.4, 0.5) is 10.3 Å².